The average molecular weight is 621 g/mol. The van der Waals surface area contributed by atoms with Crippen LogP contribution in [0.4, 0.5) is 42.0 Å². The molecule has 3 N–H and O–H groups in total. The number of amides is 1. The molecule has 230 valence electrons. The van der Waals surface area contributed by atoms with Crippen molar-refractivity contribution >= 4 is 42.3 Å². The fourth-order valence-corrected chi connectivity index (χ4v) is 6.74. The SMILES string of the molecule is CCOP(=O)(Cc1ccc(Nc2ncc(C(F)(F)F)c(Nc3ccc(N4CC(O)C4)c4c3C(=O)N(C)C4)n2)cc1)OCC. The quantitative estimate of drug-likeness (QED) is 0.236. The highest BCUT2D eigenvalue weighted by Crippen LogP contribution is 2.51. The number of benzene rings is 2. The van der Waals surface area contributed by atoms with Gasteiger partial charge in [-0.2, -0.15) is 18.2 Å². The second-order valence-electron chi connectivity index (χ2n) is 10.2. The van der Waals surface area contributed by atoms with Crippen LogP contribution in [0, 0.1) is 0 Å². The van der Waals surface area contributed by atoms with Crippen molar-refractivity contribution in [1.82, 2.24) is 14.9 Å². The Bertz CT molecular complexity index is 1540. The van der Waals surface area contributed by atoms with E-state index >= 15 is 0 Å². The van der Waals surface area contributed by atoms with E-state index in [0.29, 0.717) is 36.1 Å². The number of rotatable bonds is 11. The van der Waals surface area contributed by atoms with E-state index in [0.717, 1.165) is 5.69 Å². The Kier molecular flexibility index (Phi) is 8.66. The number of nitrogens with one attached hydrogen (secondary N) is 2. The molecular weight excluding hydrogens is 588 g/mol. The van der Waals surface area contributed by atoms with Crippen molar-refractivity contribution < 1.29 is 36.7 Å². The second kappa shape index (κ2) is 12.1. The lowest BCUT2D eigenvalue weighted by atomic mass is 10.0. The van der Waals surface area contributed by atoms with Crippen LogP contribution in [0.15, 0.2) is 42.6 Å². The van der Waals surface area contributed by atoms with Gasteiger partial charge in [0.05, 0.1) is 36.7 Å². The van der Waals surface area contributed by atoms with Gasteiger partial charge in [-0.3, -0.25) is 9.36 Å². The first-order valence-corrected chi connectivity index (χ1v) is 15.4. The summed E-state index contributed by atoms with van der Waals surface area (Å²) in [6, 6.07) is 9.97. The molecule has 0 saturated carbocycles. The van der Waals surface area contributed by atoms with Gasteiger partial charge in [-0.1, -0.05) is 12.1 Å². The largest absolute Gasteiger partial charge is 0.421 e. The Balaban J connectivity index is 1.41. The molecule has 0 bridgehead atoms. The molecule has 15 heteroatoms. The van der Waals surface area contributed by atoms with Crippen molar-refractivity contribution in [2.75, 3.05) is 48.9 Å². The third kappa shape index (κ3) is 6.62. The van der Waals surface area contributed by atoms with E-state index in [4.69, 9.17) is 9.05 Å². The number of aliphatic hydroxyl groups is 1. The van der Waals surface area contributed by atoms with Crippen molar-refractivity contribution in [3.8, 4) is 0 Å². The normalized spacial score (nSPS) is 15.5. The number of carbonyl (C=O) groups is 1. The predicted molar refractivity (Wildman–Crippen MR) is 155 cm³/mol. The Morgan fingerprint density at radius 1 is 1.07 bits per heavy atom. The number of halogens is 3. The maximum Gasteiger partial charge on any atom is 0.421 e. The number of carbonyl (C=O) groups excluding carboxylic acids is 1. The lowest BCUT2D eigenvalue weighted by Crippen LogP contribution is -2.51. The van der Waals surface area contributed by atoms with Gasteiger partial charge in [-0.15, -0.1) is 0 Å². The van der Waals surface area contributed by atoms with Gasteiger partial charge in [-0.05, 0) is 43.7 Å². The molecular formula is C28H32F3N6O5P. The Hall–Kier alpha value is -3.71. The number of aromatic nitrogens is 2. The molecule has 5 rings (SSSR count). The summed E-state index contributed by atoms with van der Waals surface area (Å²) in [5.41, 5.74) is 1.94. The van der Waals surface area contributed by atoms with Gasteiger partial charge in [-0.25, -0.2) is 4.98 Å². The lowest BCUT2D eigenvalue weighted by molar-refractivity contribution is -0.137. The van der Waals surface area contributed by atoms with Crippen molar-refractivity contribution in [3.63, 3.8) is 0 Å². The summed E-state index contributed by atoms with van der Waals surface area (Å²) in [7, 11) is -1.69. The highest BCUT2D eigenvalue weighted by Gasteiger charge is 2.38. The van der Waals surface area contributed by atoms with Crippen molar-refractivity contribution in [2.45, 2.75) is 38.8 Å². The zero-order valence-electron chi connectivity index (χ0n) is 23.8. The van der Waals surface area contributed by atoms with Crippen LogP contribution in [-0.2, 0) is 32.5 Å². The topological polar surface area (TPSA) is 129 Å². The van der Waals surface area contributed by atoms with Gasteiger partial charge < -0.3 is 34.6 Å². The summed E-state index contributed by atoms with van der Waals surface area (Å²) in [5.74, 6) is -0.962. The first-order chi connectivity index (χ1) is 20.4. The zero-order chi connectivity index (χ0) is 30.9. The van der Waals surface area contributed by atoms with E-state index in [2.05, 4.69) is 20.6 Å². The van der Waals surface area contributed by atoms with Gasteiger partial charge in [0.25, 0.3) is 5.91 Å². The van der Waals surface area contributed by atoms with Gasteiger partial charge in [0.2, 0.25) is 5.95 Å². The molecule has 1 saturated heterocycles. The van der Waals surface area contributed by atoms with Crippen molar-refractivity contribution in [3.05, 3.63) is 64.8 Å². The molecule has 11 nitrogen and oxygen atoms in total. The third-order valence-electron chi connectivity index (χ3n) is 7.03. The molecule has 0 radical (unpaired) electrons. The number of aliphatic hydroxyl groups excluding tert-OH is 1. The fraction of sp³-hybridized carbons (Fsp3) is 0.393. The smallest absolute Gasteiger partial charge is 0.389 e. The van der Waals surface area contributed by atoms with E-state index in [-0.39, 0.29) is 49.0 Å². The molecule has 2 aliphatic heterocycles. The first kappa shape index (κ1) is 30.7. The van der Waals surface area contributed by atoms with Crippen molar-refractivity contribution in [1.29, 1.82) is 0 Å². The highest BCUT2D eigenvalue weighted by molar-refractivity contribution is 7.53. The fourth-order valence-electron chi connectivity index (χ4n) is 5.03. The van der Waals surface area contributed by atoms with E-state index in [1.54, 1.807) is 57.3 Å². The monoisotopic (exact) mass is 620 g/mol. The van der Waals surface area contributed by atoms with E-state index in [9.17, 15) is 27.6 Å². The molecule has 3 aromatic rings. The van der Waals surface area contributed by atoms with E-state index < -0.39 is 31.3 Å². The minimum Gasteiger partial charge on any atom is -0.389 e. The van der Waals surface area contributed by atoms with Crippen LogP contribution in [0.3, 0.4) is 0 Å². The molecule has 0 atom stereocenters. The summed E-state index contributed by atoms with van der Waals surface area (Å²) in [4.78, 5) is 24.4. The summed E-state index contributed by atoms with van der Waals surface area (Å²) in [6.45, 7) is 5.03. The Labute approximate surface area is 246 Å². The molecule has 1 aromatic heterocycles. The average Bonchev–Trinajstić information content (AvgIpc) is 3.22. The molecule has 1 amide bonds. The lowest BCUT2D eigenvalue weighted by Gasteiger charge is -2.39. The first-order valence-electron chi connectivity index (χ1n) is 13.7. The maximum absolute atomic E-state index is 14.0. The summed E-state index contributed by atoms with van der Waals surface area (Å²) >= 11 is 0. The third-order valence-corrected chi connectivity index (χ3v) is 9.09. The van der Waals surface area contributed by atoms with E-state index in [1.807, 2.05) is 4.90 Å². The Morgan fingerprint density at radius 2 is 1.74 bits per heavy atom. The molecule has 0 unspecified atom stereocenters. The minimum atomic E-state index is -4.77. The Morgan fingerprint density at radius 3 is 2.35 bits per heavy atom. The van der Waals surface area contributed by atoms with Gasteiger partial charge in [0, 0.05) is 49.8 Å². The number of hydrogen-bond acceptors (Lipinski definition) is 10. The number of anilines is 5. The van der Waals surface area contributed by atoms with Crippen LogP contribution < -0.4 is 15.5 Å². The van der Waals surface area contributed by atoms with Crippen LogP contribution >= 0.6 is 7.60 Å². The standard InChI is InChI=1S/C28H32F3N6O5P/c1-4-41-43(40,42-5-2)16-17-6-8-18(9-7-17)33-27-32-12-21(28(29,30)31)25(35-27)34-22-10-11-23(37-13-19(38)14-37)20-15-36(3)26(39)24(20)22/h6-12,19,38H,4-5,13-16H2,1-3H3,(H2,32,33,34,35). The predicted octanol–water partition coefficient (Wildman–Crippen LogP) is 5.52. The van der Waals surface area contributed by atoms with Gasteiger partial charge in [0.15, 0.2) is 0 Å². The number of hydrogen-bond donors (Lipinski definition) is 3. The summed E-state index contributed by atoms with van der Waals surface area (Å²) < 4.78 is 65.5. The number of alkyl halides is 3. The van der Waals surface area contributed by atoms with E-state index in [1.165, 1.54) is 4.90 Å². The molecule has 2 aliphatic rings. The van der Waals surface area contributed by atoms with Gasteiger partial charge >= 0.3 is 13.8 Å². The molecule has 3 heterocycles. The second-order valence-corrected chi connectivity index (χ2v) is 12.3. The molecule has 2 aromatic carbocycles. The molecule has 1 fully saturated rings. The minimum absolute atomic E-state index is 0.0647. The molecule has 0 spiro atoms. The zero-order valence-corrected chi connectivity index (χ0v) is 24.7. The summed E-state index contributed by atoms with van der Waals surface area (Å²) in [6.07, 6.45) is -4.49. The van der Waals surface area contributed by atoms with Crippen LogP contribution in [0.2, 0.25) is 0 Å². The number of β-amino-alcohol motifs (C(OH)–C–C–N with tert-alkyl or cyclic N) is 1. The maximum atomic E-state index is 14.0. The van der Waals surface area contributed by atoms with Crippen molar-refractivity contribution in [2.24, 2.45) is 0 Å². The van der Waals surface area contributed by atoms with Crippen LogP contribution in [0.1, 0.15) is 40.9 Å². The van der Waals surface area contributed by atoms with Gasteiger partial charge in [0.1, 0.15) is 11.4 Å². The summed E-state index contributed by atoms with van der Waals surface area (Å²) in [5, 5.41) is 15.4. The molecule has 43 heavy (non-hydrogen) atoms. The van der Waals surface area contributed by atoms with Crippen LogP contribution in [0.25, 0.3) is 0 Å². The van der Waals surface area contributed by atoms with Crippen LogP contribution in [0.5, 0.6) is 0 Å². The highest BCUT2D eigenvalue weighted by atomic mass is 31.2. The number of nitrogens with zero attached hydrogens (tertiary/aromatic N) is 4. The van der Waals surface area contributed by atoms with Crippen LogP contribution in [-0.4, -0.2) is 65.3 Å². The number of fused-ring (bicyclic) bond motifs is 1. The molecule has 0 aliphatic carbocycles.